The van der Waals surface area contributed by atoms with Gasteiger partial charge in [-0.15, -0.1) is 0 Å². The first-order valence-electron chi connectivity index (χ1n) is 6.06. The summed E-state index contributed by atoms with van der Waals surface area (Å²) in [6.07, 6.45) is 1.47. The molecule has 2 aromatic rings. The van der Waals surface area contributed by atoms with Crippen LogP contribution in [0.25, 0.3) is 0 Å². The molecule has 1 unspecified atom stereocenters. The van der Waals surface area contributed by atoms with E-state index in [1.54, 1.807) is 26.4 Å². The summed E-state index contributed by atoms with van der Waals surface area (Å²) in [5.74, 6) is 1.25. The molecule has 0 spiro atoms. The van der Waals surface area contributed by atoms with Crippen molar-refractivity contribution in [2.75, 3.05) is 21.3 Å². The van der Waals surface area contributed by atoms with Crippen LogP contribution >= 0.6 is 11.6 Å². The van der Waals surface area contributed by atoms with Gasteiger partial charge in [0.15, 0.2) is 0 Å². The minimum Gasteiger partial charge on any atom is -0.496 e. The lowest BCUT2D eigenvalue weighted by atomic mass is 10.0. The van der Waals surface area contributed by atoms with Crippen LogP contribution in [0.15, 0.2) is 30.6 Å². The lowest BCUT2D eigenvalue weighted by Crippen LogP contribution is -2.20. The number of hydrogen-bond donors (Lipinski definition) is 1. The molecular weight excluding hydrogens is 278 g/mol. The molecule has 6 heteroatoms. The third kappa shape index (κ3) is 3.00. The Morgan fingerprint density at radius 1 is 1.15 bits per heavy atom. The Kier molecular flexibility index (Phi) is 4.76. The number of benzene rings is 1. The van der Waals surface area contributed by atoms with Gasteiger partial charge in [-0.2, -0.15) is 0 Å². The number of methoxy groups -OCH3 is 2. The van der Waals surface area contributed by atoms with Crippen LogP contribution < -0.4 is 14.8 Å². The van der Waals surface area contributed by atoms with E-state index in [-0.39, 0.29) is 6.04 Å². The molecule has 0 saturated heterocycles. The van der Waals surface area contributed by atoms with Gasteiger partial charge in [0, 0.05) is 16.7 Å². The minimum absolute atomic E-state index is 0.166. The number of hydrogen-bond acceptors (Lipinski definition) is 5. The molecule has 1 aromatic heterocycles. The fourth-order valence-electron chi connectivity index (χ4n) is 2.02. The van der Waals surface area contributed by atoms with E-state index < -0.39 is 0 Å². The Bertz CT molecular complexity index is 592. The fourth-order valence-corrected chi connectivity index (χ4v) is 2.20. The van der Waals surface area contributed by atoms with Gasteiger partial charge in [0.25, 0.3) is 0 Å². The normalized spacial score (nSPS) is 12.0. The highest BCUT2D eigenvalue weighted by atomic mass is 35.5. The molecule has 0 fully saturated rings. The van der Waals surface area contributed by atoms with E-state index >= 15 is 0 Å². The summed E-state index contributed by atoms with van der Waals surface area (Å²) in [6, 6.07) is 7.09. The van der Waals surface area contributed by atoms with Gasteiger partial charge in [0.1, 0.15) is 12.1 Å². The second-order valence-corrected chi connectivity index (χ2v) is 4.53. The summed E-state index contributed by atoms with van der Waals surface area (Å²) in [7, 11) is 5.04. The zero-order valence-corrected chi connectivity index (χ0v) is 12.3. The van der Waals surface area contributed by atoms with Crippen LogP contribution in [0.5, 0.6) is 11.6 Å². The predicted octanol–water partition coefficient (Wildman–Crippen LogP) is 2.46. The molecule has 5 nitrogen and oxygen atoms in total. The number of rotatable bonds is 5. The largest absolute Gasteiger partial charge is 0.496 e. The third-order valence-corrected chi connectivity index (χ3v) is 3.19. The second-order valence-electron chi connectivity index (χ2n) is 4.09. The number of nitrogens with one attached hydrogen (secondary N) is 1. The van der Waals surface area contributed by atoms with Crippen molar-refractivity contribution in [2.45, 2.75) is 6.04 Å². The summed E-state index contributed by atoms with van der Waals surface area (Å²) in [5, 5.41) is 3.84. The van der Waals surface area contributed by atoms with Gasteiger partial charge in [-0.05, 0) is 25.2 Å². The first-order valence-corrected chi connectivity index (χ1v) is 6.44. The SMILES string of the molecule is CNC(c1cc(OC)ncn1)c1cc(Cl)ccc1OC. The molecule has 2 rings (SSSR count). The van der Waals surface area contributed by atoms with Gasteiger partial charge in [0.05, 0.1) is 26.0 Å². The van der Waals surface area contributed by atoms with Crippen molar-refractivity contribution in [3.63, 3.8) is 0 Å². The third-order valence-electron chi connectivity index (χ3n) is 2.96. The maximum atomic E-state index is 6.08. The number of halogens is 1. The van der Waals surface area contributed by atoms with Crippen molar-refractivity contribution in [2.24, 2.45) is 0 Å². The predicted molar refractivity (Wildman–Crippen MR) is 77.5 cm³/mol. The van der Waals surface area contributed by atoms with Crippen molar-refractivity contribution in [1.29, 1.82) is 0 Å². The standard InChI is InChI=1S/C14H16ClN3O2/c1-16-14(11-7-13(20-3)18-8-17-11)10-6-9(15)4-5-12(10)19-2/h4-8,14,16H,1-3H3. The van der Waals surface area contributed by atoms with Crippen molar-refractivity contribution < 1.29 is 9.47 Å². The number of aromatic nitrogens is 2. The van der Waals surface area contributed by atoms with Crippen LogP contribution in [0, 0.1) is 0 Å². The molecule has 0 saturated carbocycles. The van der Waals surface area contributed by atoms with Crippen LogP contribution in [0.4, 0.5) is 0 Å². The van der Waals surface area contributed by atoms with Crippen LogP contribution in [-0.2, 0) is 0 Å². The molecule has 1 N–H and O–H groups in total. The first-order chi connectivity index (χ1) is 9.69. The van der Waals surface area contributed by atoms with E-state index in [1.807, 2.05) is 19.2 Å². The lowest BCUT2D eigenvalue weighted by Gasteiger charge is -2.19. The van der Waals surface area contributed by atoms with Gasteiger partial charge in [0.2, 0.25) is 5.88 Å². The number of ether oxygens (including phenoxy) is 2. The maximum Gasteiger partial charge on any atom is 0.216 e. The highest BCUT2D eigenvalue weighted by Crippen LogP contribution is 2.31. The van der Waals surface area contributed by atoms with Crippen LogP contribution in [-0.4, -0.2) is 31.2 Å². The molecule has 106 valence electrons. The van der Waals surface area contributed by atoms with Crippen molar-refractivity contribution >= 4 is 11.6 Å². The summed E-state index contributed by atoms with van der Waals surface area (Å²) < 4.78 is 10.5. The molecule has 1 heterocycles. The summed E-state index contributed by atoms with van der Waals surface area (Å²) in [6.45, 7) is 0. The highest BCUT2D eigenvalue weighted by molar-refractivity contribution is 6.30. The zero-order valence-electron chi connectivity index (χ0n) is 11.6. The van der Waals surface area contributed by atoms with Gasteiger partial charge >= 0.3 is 0 Å². The monoisotopic (exact) mass is 293 g/mol. The highest BCUT2D eigenvalue weighted by Gasteiger charge is 2.19. The van der Waals surface area contributed by atoms with Crippen molar-refractivity contribution in [1.82, 2.24) is 15.3 Å². The topological polar surface area (TPSA) is 56.3 Å². The number of nitrogens with zero attached hydrogens (tertiary/aromatic N) is 2. The first kappa shape index (κ1) is 14.6. The lowest BCUT2D eigenvalue weighted by molar-refractivity contribution is 0.393. The molecule has 1 aromatic carbocycles. The van der Waals surface area contributed by atoms with Crippen LogP contribution in [0.1, 0.15) is 17.3 Å². The van der Waals surface area contributed by atoms with E-state index in [2.05, 4.69) is 15.3 Å². The summed E-state index contributed by atoms with van der Waals surface area (Å²) in [4.78, 5) is 8.30. The summed E-state index contributed by atoms with van der Waals surface area (Å²) >= 11 is 6.08. The molecule has 20 heavy (non-hydrogen) atoms. The van der Waals surface area contributed by atoms with Gasteiger partial charge in [-0.3, -0.25) is 0 Å². The van der Waals surface area contributed by atoms with E-state index in [0.717, 1.165) is 17.0 Å². The molecular formula is C14H16ClN3O2. The molecule has 1 atom stereocenters. The average molecular weight is 294 g/mol. The molecule has 0 aliphatic rings. The van der Waals surface area contributed by atoms with E-state index in [9.17, 15) is 0 Å². The fraction of sp³-hybridized carbons (Fsp3) is 0.286. The minimum atomic E-state index is -0.166. The quantitative estimate of drug-likeness (QED) is 0.918. The molecule has 0 radical (unpaired) electrons. The molecule has 0 amide bonds. The van der Waals surface area contributed by atoms with Crippen molar-refractivity contribution in [3.8, 4) is 11.6 Å². The van der Waals surface area contributed by atoms with Crippen LogP contribution in [0.2, 0.25) is 5.02 Å². The Balaban J connectivity index is 2.48. The smallest absolute Gasteiger partial charge is 0.216 e. The average Bonchev–Trinajstić information content (AvgIpc) is 2.48. The van der Waals surface area contributed by atoms with Crippen molar-refractivity contribution in [3.05, 3.63) is 46.9 Å². The molecule has 0 aliphatic heterocycles. The van der Waals surface area contributed by atoms with Gasteiger partial charge in [-0.25, -0.2) is 9.97 Å². The van der Waals surface area contributed by atoms with Crippen LogP contribution in [0.3, 0.4) is 0 Å². The Morgan fingerprint density at radius 2 is 1.95 bits per heavy atom. The van der Waals surface area contributed by atoms with E-state index in [1.165, 1.54) is 6.33 Å². The van der Waals surface area contributed by atoms with Gasteiger partial charge < -0.3 is 14.8 Å². The Hall–Kier alpha value is -1.85. The van der Waals surface area contributed by atoms with Gasteiger partial charge in [-0.1, -0.05) is 11.6 Å². The zero-order chi connectivity index (χ0) is 14.5. The molecule has 0 aliphatic carbocycles. The molecule has 0 bridgehead atoms. The van der Waals surface area contributed by atoms with E-state index in [0.29, 0.717) is 10.9 Å². The van der Waals surface area contributed by atoms with E-state index in [4.69, 9.17) is 21.1 Å². The second kappa shape index (κ2) is 6.54. The Labute approximate surface area is 122 Å². The maximum absolute atomic E-state index is 6.08. The Morgan fingerprint density at radius 3 is 2.60 bits per heavy atom. The summed E-state index contributed by atoms with van der Waals surface area (Å²) in [5.41, 5.74) is 1.68.